The van der Waals surface area contributed by atoms with Crippen molar-refractivity contribution in [3.8, 4) is 0 Å². The van der Waals surface area contributed by atoms with Gasteiger partial charge in [-0.2, -0.15) is 0 Å². The number of hydrazone groups is 1. The van der Waals surface area contributed by atoms with E-state index in [4.69, 9.17) is 5.10 Å². The van der Waals surface area contributed by atoms with Crippen LogP contribution in [0.4, 0.5) is 0 Å². The molecule has 23 heavy (non-hydrogen) atoms. The minimum Gasteiger partial charge on any atom is -0.349 e. The molecule has 0 amide bonds. The fourth-order valence-corrected chi connectivity index (χ4v) is 14.5. The molecule has 1 aliphatic heterocycles. The lowest BCUT2D eigenvalue weighted by Crippen LogP contribution is -2.62. The van der Waals surface area contributed by atoms with E-state index >= 15 is 0 Å². The Kier molecular flexibility index (Phi) is 5.63. The zero-order valence-electron chi connectivity index (χ0n) is 15.2. The Labute approximate surface area is 143 Å². The molecule has 2 rings (SSSR count). The van der Waals surface area contributed by atoms with E-state index < -0.39 is 16.5 Å². The summed E-state index contributed by atoms with van der Waals surface area (Å²) >= 11 is 0. The Morgan fingerprint density at radius 2 is 1.65 bits per heavy atom. The van der Waals surface area contributed by atoms with Crippen LogP contribution >= 0.6 is 0 Å². The molecule has 126 valence electrons. The number of hydrogen-bond donors (Lipinski definition) is 0. The van der Waals surface area contributed by atoms with Crippen molar-refractivity contribution in [2.75, 3.05) is 0 Å². The summed E-state index contributed by atoms with van der Waals surface area (Å²) < 4.78 is 2.53. The summed E-state index contributed by atoms with van der Waals surface area (Å²) in [5, 5.41) is 5.08. The van der Waals surface area contributed by atoms with Crippen LogP contribution in [0.25, 0.3) is 0 Å². The number of ketones is 1. The molecule has 0 unspecified atom stereocenters. The molecule has 0 N–H and O–H groups in total. The average Bonchev–Trinajstić information content (AvgIpc) is 2.50. The summed E-state index contributed by atoms with van der Waals surface area (Å²) in [4.78, 5) is 12.5. The number of benzene rings is 1. The van der Waals surface area contributed by atoms with E-state index in [1.165, 1.54) is 18.5 Å². The topological polar surface area (TPSA) is 32.7 Å². The molecule has 1 fully saturated rings. The minimum absolute atomic E-state index is 0.183. The highest BCUT2D eigenvalue weighted by atomic mass is 28.4. The third-order valence-corrected chi connectivity index (χ3v) is 14.1. The van der Waals surface area contributed by atoms with Gasteiger partial charge in [-0.25, -0.2) is 5.10 Å². The molecule has 0 spiro atoms. The molecule has 0 atom stereocenters. The smallest absolute Gasteiger partial charge is 0.168 e. The average molecular weight is 347 g/mol. The van der Waals surface area contributed by atoms with Gasteiger partial charge in [0.1, 0.15) is 0 Å². The molecule has 1 heterocycles. The predicted octanol–water partition coefficient (Wildman–Crippen LogP) is 5.14. The maximum Gasteiger partial charge on any atom is 0.168 e. The summed E-state index contributed by atoms with van der Waals surface area (Å²) in [5.41, 5.74) is 1.84. The van der Waals surface area contributed by atoms with Crippen LogP contribution in [0.3, 0.4) is 0 Å². The number of carbonyl (C=O) groups excluding carboxylic acids is 1. The summed E-state index contributed by atoms with van der Waals surface area (Å²) in [6.07, 6.45) is 2.66. The number of carbonyl (C=O) groups is 1. The number of nitrogens with zero attached hydrogens (tertiary/aromatic N) is 2. The first-order chi connectivity index (χ1) is 10.8. The maximum atomic E-state index is 12.5. The summed E-state index contributed by atoms with van der Waals surface area (Å²) in [6, 6.07) is 12.2. The number of Topliss-reactive ketones (excluding diaryl/α,β-unsaturated/α-hetero) is 1. The second kappa shape index (κ2) is 7.13. The van der Waals surface area contributed by atoms with Crippen molar-refractivity contribution >= 4 is 28.0 Å². The van der Waals surface area contributed by atoms with Crippen molar-refractivity contribution in [2.24, 2.45) is 5.10 Å². The van der Waals surface area contributed by atoms with E-state index in [1.54, 1.807) is 0 Å². The molecule has 0 bridgehead atoms. The molecule has 0 saturated carbocycles. The second-order valence-electron chi connectivity index (χ2n) is 7.78. The van der Waals surface area contributed by atoms with Crippen molar-refractivity contribution in [2.45, 2.75) is 64.5 Å². The molecular weight excluding hydrogens is 316 g/mol. The SMILES string of the molecule is CCC(CC(=O)c1ccccc1)=NN1[Si](C)(C)CCC[Si]1(C)C. The van der Waals surface area contributed by atoms with Gasteiger partial charge in [-0.05, 0) is 18.5 Å². The largest absolute Gasteiger partial charge is 0.349 e. The third kappa shape index (κ3) is 4.41. The van der Waals surface area contributed by atoms with Gasteiger partial charge < -0.3 is 4.34 Å². The fraction of sp³-hybridized carbons (Fsp3) is 0.556. The Balaban J connectivity index is 2.21. The van der Waals surface area contributed by atoms with Crippen LogP contribution in [0.1, 0.15) is 36.5 Å². The molecule has 0 radical (unpaired) electrons. The molecule has 5 heteroatoms. The molecule has 0 aliphatic carbocycles. The maximum absolute atomic E-state index is 12.5. The zero-order valence-corrected chi connectivity index (χ0v) is 17.2. The first-order valence-electron chi connectivity index (χ1n) is 8.71. The van der Waals surface area contributed by atoms with Crippen LogP contribution in [-0.2, 0) is 0 Å². The van der Waals surface area contributed by atoms with Gasteiger partial charge in [-0.1, -0.05) is 69.9 Å². The fourth-order valence-electron chi connectivity index (χ4n) is 3.54. The van der Waals surface area contributed by atoms with E-state index in [0.717, 1.165) is 17.7 Å². The monoisotopic (exact) mass is 346 g/mol. The minimum atomic E-state index is -1.47. The van der Waals surface area contributed by atoms with Crippen LogP contribution in [0, 0.1) is 0 Å². The van der Waals surface area contributed by atoms with E-state index in [0.29, 0.717) is 6.42 Å². The van der Waals surface area contributed by atoms with Crippen molar-refractivity contribution in [1.29, 1.82) is 0 Å². The molecule has 0 aromatic heterocycles. The molecule has 1 aliphatic rings. The van der Waals surface area contributed by atoms with Gasteiger partial charge in [-0.15, -0.1) is 0 Å². The summed E-state index contributed by atoms with van der Waals surface area (Å²) in [5.74, 6) is 0.183. The standard InChI is InChI=1S/C18H30N2OSi2/c1-6-17(15-18(21)16-11-8-7-9-12-16)19-20-22(2,3)13-10-14-23(20,4)5/h7-9,11-12H,6,10,13-15H2,1-5H3. The van der Waals surface area contributed by atoms with E-state index in [1.807, 2.05) is 30.3 Å². The first kappa shape index (κ1) is 18.1. The highest BCUT2D eigenvalue weighted by molar-refractivity contribution is 6.91. The van der Waals surface area contributed by atoms with Crippen molar-refractivity contribution in [3.05, 3.63) is 35.9 Å². The lowest BCUT2D eigenvalue weighted by Gasteiger charge is -2.49. The van der Waals surface area contributed by atoms with Gasteiger partial charge in [0.15, 0.2) is 22.3 Å². The van der Waals surface area contributed by atoms with Crippen molar-refractivity contribution in [3.63, 3.8) is 0 Å². The van der Waals surface area contributed by atoms with E-state index in [-0.39, 0.29) is 5.78 Å². The summed E-state index contributed by atoms with van der Waals surface area (Å²) in [6.45, 7) is 11.8. The van der Waals surface area contributed by atoms with Crippen molar-refractivity contribution in [1.82, 2.24) is 4.34 Å². The Hall–Kier alpha value is -1.21. The second-order valence-corrected chi connectivity index (χ2v) is 17.3. The van der Waals surface area contributed by atoms with Crippen LogP contribution in [0.15, 0.2) is 35.4 Å². The first-order valence-corrected chi connectivity index (χ1v) is 15.0. The molecule has 3 nitrogen and oxygen atoms in total. The molecule has 1 saturated heterocycles. The Morgan fingerprint density at radius 1 is 1.09 bits per heavy atom. The van der Waals surface area contributed by atoms with E-state index in [9.17, 15) is 4.79 Å². The summed E-state index contributed by atoms with van der Waals surface area (Å²) in [7, 11) is -2.94. The molecule has 1 aromatic carbocycles. The normalized spacial score (nSPS) is 20.4. The van der Waals surface area contributed by atoms with Gasteiger partial charge >= 0.3 is 0 Å². The number of rotatable bonds is 5. The Bertz CT molecular complexity index is 566. The Morgan fingerprint density at radius 3 is 2.17 bits per heavy atom. The van der Waals surface area contributed by atoms with E-state index in [2.05, 4.69) is 37.5 Å². The number of hydrogen-bond acceptors (Lipinski definition) is 3. The van der Waals surface area contributed by atoms with Gasteiger partial charge in [0.05, 0.1) is 6.42 Å². The van der Waals surface area contributed by atoms with Crippen LogP contribution < -0.4 is 0 Å². The van der Waals surface area contributed by atoms with Crippen LogP contribution in [-0.4, -0.2) is 32.3 Å². The highest BCUT2D eigenvalue weighted by Crippen LogP contribution is 2.35. The van der Waals surface area contributed by atoms with Crippen LogP contribution in [0.2, 0.25) is 38.3 Å². The van der Waals surface area contributed by atoms with Gasteiger partial charge in [0.2, 0.25) is 0 Å². The highest BCUT2D eigenvalue weighted by Gasteiger charge is 2.44. The lowest BCUT2D eigenvalue weighted by atomic mass is 10.0. The third-order valence-electron chi connectivity index (χ3n) is 4.83. The van der Waals surface area contributed by atoms with Crippen molar-refractivity contribution < 1.29 is 4.79 Å². The van der Waals surface area contributed by atoms with Gasteiger partial charge in [0, 0.05) is 11.3 Å². The zero-order chi connectivity index (χ0) is 17.1. The lowest BCUT2D eigenvalue weighted by molar-refractivity contribution is 0.1000. The predicted molar refractivity (Wildman–Crippen MR) is 104 cm³/mol. The molecule has 1 aromatic rings. The van der Waals surface area contributed by atoms with Gasteiger partial charge in [0.25, 0.3) is 0 Å². The van der Waals surface area contributed by atoms with Gasteiger partial charge in [-0.3, -0.25) is 4.79 Å². The molecular formula is C18H30N2OSi2. The van der Waals surface area contributed by atoms with Crippen LogP contribution in [0.5, 0.6) is 0 Å². The quantitative estimate of drug-likeness (QED) is 0.420.